The second-order valence-corrected chi connectivity index (χ2v) is 12.3. The highest BCUT2D eigenvalue weighted by Crippen LogP contribution is 2.61. The van der Waals surface area contributed by atoms with Gasteiger partial charge in [-0.3, -0.25) is 14.9 Å². The largest absolute Gasteiger partial charge is 0.494 e. The molecule has 0 aromatic heterocycles. The van der Waals surface area contributed by atoms with Crippen molar-refractivity contribution in [3.63, 3.8) is 0 Å². The first kappa shape index (κ1) is 26.0. The van der Waals surface area contributed by atoms with Crippen molar-refractivity contribution in [2.24, 2.45) is 23.2 Å². The van der Waals surface area contributed by atoms with E-state index in [4.69, 9.17) is 4.74 Å². The fourth-order valence-electron chi connectivity index (χ4n) is 8.33. The number of hydrogen-bond donors (Lipinski definition) is 1. The second-order valence-electron chi connectivity index (χ2n) is 12.3. The number of nitrogens with one attached hydrogen (secondary N) is 1. The Kier molecular flexibility index (Phi) is 6.89. The molecule has 7 rings (SSSR count). The summed E-state index contributed by atoms with van der Waals surface area (Å²) in [7, 11) is 0. The molecule has 39 heavy (non-hydrogen) atoms. The van der Waals surface area contributed by atoms with Gasteiger partial charge >= 0.3 is 0 Å². The van der Waals surface area contributed by atoms with E-state index in [9.17, 15) is 14.9 Å². The Morgan fingerprint density at radius 3 is 2.33 bits per heavy atom. The van der Waals surface area contributed by atoms with Crippen LogP contribution in [0.15, 0.2) is 42.5 Å². The van der Waals surface area contributed by atoms with E-state index in [0.717, 1.165) is 23.4 Å². The predicted molar refractivity (Wildman–Crippen MR) is 153 cm³/mol. The van der Waals surface area contributed by atoms with Crippen molar-refractivity contribution < 1.29 is 14.5 Å². The molecule has 4 saturated carbocycles. The Bertz CT molecular complexity index is 1200. The number of amides is 1. The number of nitrogens with zero attached hydrogens (tertiary/aromatic N) is 3. The van der Waals surface area contributed by atoms with Gasteiger partial charge in [0.2, 0.25) is 0 Å². The Labute approximate surface area is 230 Å². The summed E-state index contributed by atoms with van der Waals surface area (Å²) in [6, 6.07) is 13.0. The molecule has 0 spiro atoms. The smallest absolute Gasteiger partial charge is 0.292 e. The summed E-state index contributed by atoms with van der Waals surface area (Å²) < 4.78 is 5.56. The van der Waals surface area contributed by atoms with E-state index in [1.165, 1.54) is 38.5 Å². The standard InChI is InChI=1S/C31H40N4O4/c1-3-39-27-6-4-5-25(16-27)30(36)34-11-9-33(10-12-34)26-7-8-29(35(37)38)28(17-26)32-21(2)31-18-22-13-23(19-31)15-24(14-22)20-31/h4-8,16-17,21-24,32H,3,9-15,18-20H2,1-2H3/t21-,22?,23?,24?,31?/m0/s1. The maximum absolute atomic E-state index is 13.1. The maximum Gasteiger partial charge on any atom is 0.292 e. The number of nitro benzene ring substituents is 1. The molecule has 1 amide bonds. The highest BCUT2D eigenvalue weighted by Gasteiger charge is 2.53. The molecule has 8 heteroatoms. The van der Waals surface area contributed by atoms with Crippen LogP contribution in [0.25, 0.3) is 0 Å². The second kappa shape index (κ2) is 10.4. The first-order valence-electron chi connectivity index (χ1n) is 14.7. The third-order valence-electron chi connectivity index (χ3n) is 9.88. The van der Waals surface area contributed by atoms with E-state index >= 15 is 0 Å². The van der Waals surface area contributed by atoms with Crippen LogP contribution in [0.4, 0.5) is 17.1 Å². The van der Waals surface area contributed by atoms with Crippen molar-refractivity contribution >= 4 is 23.0 Å². The van der Waals surface area contributed by atoms with Gasteiger partial charge in [-0.25, -0.2) is 0 Å². The number of benzene rings is 2. The molecule has 1 heterocycles. The SMILES string of the molecule is CCOc1cccc(C(=O)N2CCN(c3ccc([N+](=O)[O-])c(N[C@@H](C)C45CC6CC(CC(C6)C4)C5)c3)CC2)c1. The van der Waals surface area contributed by atoms with Gasteiger partial charge in [0.15, 0.2) is 0 Å². The van der Waals surface area contributed by atoms with Crippen molar-refractivity contribution in [3.8, 4) is 5.75 Å². The molecule has 4 aliphatic carbocycles. The first-order valence-corrected chi connectivity index (χ1v) is 14.7. The summed E-state index contributed by atoms with van der Waals surface area (Å²) in [6.07, 6.45) is 7.91. The number of anilines is 2. The van der Waals surface area contributed by atoms with Crippen molar-refractivity contribution in [2.75, 3.05) is 43.0 Å². The number of carbonyl (C=O) groups is 1. The lowest BCUT2D eigenvalue weighted by Crippen LogP contribution is -2.53. The average molecular weight is 533 g/mol. The summed E-state index contributed by atoms with van der Waals surface area (Å²) in [5, 5.41) is 15.6. The highest BCUT2D eigenvalue weighted by atomic mass is 16.6. The van der Waals surface area contributed by atoms with Gasteiger partial charge in [-0.1, -0.05) is 6.07 Å². The molecule has 5 aliphatic rings. The zero-order valence-corrected chi connectivity index (χ0v) is 23.1. The van der Waals surface area contributed by atoms with Crippen LogP contribution in [0.5, 0.6) is 5.75 Å². The van der Waals surface area contributed by atoms with Crippen LogP contribution < -0.4 is 15.0 Å². The number of rotatable bonds is 8. The van der Waals surface area contributed by atoms with Crippen molar-refractivity contribution in [3.05, 3.63) is 58.1 Å². The van der Waals surface area contributed by atoms with Gasteiger partial charge in [0.1, 0.15) is 11.4 Å². The van der Waals surface area contributed by atoms with E-state index in [1.807, 2.05) is 42.2 Å². The summed E-state index contributed by atoms with van der Waals surface area (Å²) in [5.41, 5.74) is 2.61. The van der Waals surface area contributed by atoms with Crippen molar-refractivity contribution in [1.29, 1.82) is 0 Å². The lowest BCUT2D eigenvalue weighted by molar-refractivity contribution is -0.384. The molecule has 8 nitrogen and oxygen atoms in total. The van der Waals surface area contributed by atoms with Gasteiger partial charge in [0.05, 0.1) is 11.5 Å². The van der Waals surface area contributed by atoms with Gasteiger partial charge in [-0.05, 0) is 106 Å². The Morgan fingerprint density at radius 2 is 1.72 bits per heavy atom. The zero-order chi connectivity index (χ0) is 27.1. The first-order chi connectivity index (χ1) is 18.8. The van der Waals surface area contributed by atoms with Gasteiger partial charge in [0, 0.05) is 49.5 Å². The molecule has 1 N–H and O–H groups in total. The third-order valence-corrected chi connectivity index (χ3v) is 9.88. The molecule has 1 saturated heterocycles. The topological polar surface area (TPSA) is 88.0 Å². The summed E-state index contributed by atoms with van der Waals surface area (Å²) >= 11 is 0. The summed E-state index contributed by atoms with van der Waals surface area (Å²) in [5.74, 6) is 3.22. The van der Waals surface area contributed by atoms with E-state index in [1.54, 1.807) is 12.1 Å². The number of ether oxygens (including phenoxy) is 1. The number of piperazine rings is 1. The van der Waals surface area contributed by atoms with Gasteiger partial charge in [-0.2, -0.15) is 0 Å². The molecule has 1 aliphatic heterocycles. The maximum atomic E-state index is 13.1. The van der Waals surface area contributed by atoms with Crippen LogP contribution in [0.1, 0.15) is 62.7 Å². The van der Waals surface area contributed by atoms with Gasteiger partial charge in [0.25, 0.3) is 11.6 Å². The summed E-state index contributed by atoms with van der Waals surface area (Å²) in [6.45, 7) is 7.29. The van der Waals surface area contributed by atoms with E-state index in [0.29, 0.717) is 49.8 Å². The molecule has 0 unspecified atom stereocenters. The van der Waals surface area contributed by atoms with Crippen LogP contribution in [0.3, 0.4) is 0 Å². The minimum Gasteiger partial charge on any atom is -0.494 e. The van der Waals surface area contributed by atoms with Crippen LogP contribution in [-0.2, 0) is 0 Å². The van der Waals surface area contributed by atoms with Crippen LogP contribution in [0, 0.1) is 33.3 Å². The predicted octanol–water partition coefficient (Wildman–Crippen LogP) is 5.97. The highest BCUT2D eigenvalue weighted by molar-refractivity contribution is 5.94. The van der Waals surface area contributed by atoms with Crippen LogP contribution in [0.2, 0.25) is 0 Å². The molecule has 4 bridgehead atoms. The Morgan fingerprint density at radius 1 is 1.05 bits per heavy atom. The monoisotopic (exact) mass is 532 g/mol. The average Bonchev–Trinajstić information content (AvgIpc) is 2.92. The van der Waals surface area contributed by atoms with E-state index < -0.39 is 0 Å². The third kappa shape index (κ3) is 5.06. The molecule has 5 fully saturated rings. The number of nitro groups is 1. The van der Waals surface area contributed by atoms with E-state index in [2.05, 4.69) is 17.1 Å². The quantitative estimate of drug-likeness (QED) is 0.333. The minimum absolute atomic E-state index is 0.00616. The lowest BCUT2D eigenvalue weighted by atomic mass is 9.48. The number of carbonyl (C=O) groups excluding carboxylic acids is 1. The molecule has 2 aromatic carbocycles. The fraction of sp³-hybridized carbons (Fsp3) is 0.581. The van der Waals surface area contributed by atoms with Crippen LogP contribution in [-0.4, -0.2) is 54.6 Å². The Hall–Kier alpha value is -3.29. The lowest BCUT2D eigenvalue weighted by Gasteiger charge is -2.59. The molecule has 208 valence electrons. The molecular weight excluding hydrogens is 492 g/mol. The van der Waals surface area contributed by atoms with Crippen LogP contribution >= 0.6 is 0 Å². The van der Waals surface area contributed by atoms with E-state index in [-0.39, 0.29) is 28.0 Å². The molecule has 1 atom stereocenters. The van der Waals surface area contributed by atoms with Crippen molar-refractivity contribution in [1.82, 2.24) is 4.90 Å². The molecule has 2 aromatic rings. The van der Waals surface area contributed by atoms with Gasteiger partial charge in [-0.15, -0.1) is 0 Å². The normalized spacial score (nSPS) is 28.3. The minimum atomic E-state index is -0.272. The van der Waals surface area contributed by atoms with Crippen molar-refractivity contribution in [2.45, 2.75) is 58.4 Å². The zero-order valence-electron chi connectivity index (χ0n) is 23.1. The van der Waals surface area contributed by atoms with Gasteiger partial charge < -0.3 is 19.9 Å². The molecule has 0 radical (unpaired) electrons. The Balaban J connectivity index is 1.15. The number of hydrogen-bond acceptors (Lipinski definition) is 6. The molecular formula is C31H40N4O4. The summed E-state index contributed by atoms with van der Waals surface area (Å²) in [4.78, 5) is 28.9. The fourth-order valence-corrected chi connectivity index (χ4v) is 8.33.